The summed E-state index contributed by atoms with van der Waals surface area (Å²) in [6.07, 6.45) is 0. The Labute approximate surface area is 144 Å². The van der Waals surface area contributed by atoms with Gasteiger partial charge in [0.05, 0.1) is 10.6 Å². The Morgan fingerprint density at radius 1 is 1.28 bits per heavy atom. The number of hydrogen-bond acceptors (Lipinski definition) is 7. The number of carboxylic acid groups (broad SMARTS) is 1. The highest BCUT2D eigenvalue weighted by atomic mass is 32.2. The SMILES string of the molecule is CN1N=C(c2ccc(S(=O)(=O)C(C)(C)C(=O)O)cc2)C(C)(NO)C1=O. The monoisotopic (exact) mass is 369 g/mol. The van der Waals surface area contributed by atoms with Crippen LogP contribution in [0.25, 0.3) is 0 Å². The smallest absolute Gasteiger partial charge is 0.324 e. The lowest BCUT2D eigenvalue weighted by molar-refractivity contribution is -0.139. The molecule has 136 valence electrons. The number of carboxylic acids is 1. The van der Waals surface area contributed by atoms with Crippen molar-refractivity contribution in [3.05, 3.63) is 29.8 Å². The van der Waals surface area contributed by atoms with E-state index in [1.807, 2.05) is 5.48 Å². The summed E-state index contributed by atoms with van der Waals surface area (Å²) in [4.78, 5) is 23.2. The number of rotatable bonds is 5. The lowest BCUT2D eigenvalue weighted by Gasteiger charge is -2.22. The van der Waals surface area contributed by atoms with Crippen LogP contribution in [0.2, 0.25) is 0 Å². The van der Waals surface area contributed by atoms with Crippen LogP contribution in [0.15, 0.2) is 34.3 Å². The van der Waals surface area contributed by atoms with Crippen molar-refractivity contribution < 1.29 is 28.3 Å². The number of nitrogens with one attached hydrogen (secondary N) is 1. The molecule has 25 heavy (non-hydrogen) atoms. The second-order valence-electron chi connectivity index (χ2n) is 6.36. The summed E-state index contributed by atoms with van der Waals surface area (Å²) in [5.74, 6) is -1.94. The molecule has 0 aromatic heterocycles. The summed E-state index contributed by atoms with van der Waals surface area (Å²) in [7, 11) is -2.69. The highest BCUT2D eigenvalue weighted by molar-refractivity contribution is 7.93. The maximum absolute atomic E-state index is 12.5. The number of amides is 1. The van der Waals surface area contributed by atoms with Crippen LogP contribution in [-0.4, -0.2) is 58.7 Å². The number of hydrogen-bond donors (Lipinski definition) is 3. The predicted octanol–water partition coefficient (Wildman–Crippen LogP) is 0.237. The summed E-state index contributed by atoms with van der Waals surface area (Å²) in [5, 5.41) is 23.6. The fourth-order valence-electron chi connectivity index (χ4n) is 2.37. The van der Waals surface area contributed by atoms with Crippen LogP contribution in [0.3, 0.4) is 0 Å². The lowest BCUT2D eigenvalue weighted by Crippen LogP contribution is -2.53. The molecule has 0 saturated heterocycles. The van der Waals surface area contributed by atoms with Crippen LogP contribution in [0.1, 0.15) is 26.3 Å². The van der Waals surface area contributed by atoms with Gasteiger partial charge in [0, 0.05) is 12.6 Å². The highest BCUT2D eigenvalue weighted by Crippen LogP contribution is 2.28. The summed E-state index contributed by atoms with van der Waals surface area (Å²) in [6, 6.07) is 5.31. The van der Waals surface area contributed by atoms with E-state index in [0.717, 1.165) is 18.9 Å². The molecule has 1 atom stereocenters. The van der Waals surface area contributed by atoms with Crippen LogP contribution >= 0.6 is 0 Å². The minimum absolute atomic E-state index is 0.166. The Hall–Kier alpha value is -2.30. The van der Waals surface area contributed by atoms with Crippen molar-refractivity contribution in [2.24, 2.45) is 5.10 Å². The molecule has 9 nitrogen and oxygen atoms in total. The number of hydrazone groups is 1. The standard InChI is InChI=1S/C15H19N3O6S/c1-14(2,13(20)21)25(23,24)10-7-5-9(6-8-10)11-15(3,17-22)12(19)18(4)16-11/h5-8,17,22H,1-4H3,(H,20,21). The van der Waals surface area contributed by atoms with Gasteiger partial charge in [0.1, 0.15) is 0 Å². The van der Waals surface area contributed by atoms with Gasteiger partial charge in [-0.1, -0.05) is 12.1 Å². The van der Waals surface area contributed by atoms with E-state index in [0.29, 0.717) is 5.56 Å². The largest absolute Gasteiger partial charge is 0.480 e. The summed E-state index contributed by atoms with van der Waals surface area (Å²) >= 11 is 0. The molecule has 10 heteroatoms. The first kappa shape index (κ1) is 19.0. The molecule has 0 bridgehead atoms. The van der Waals surface area contributed by atoms with Crippen molar-refractivity contribution in [2.45, 2.75) is 36.0 Å². The summed E-state index contributed by atoms with van der Waals surface area (Å²) < 4.78 is 23.0. The zero-order chi connectivity index (χ0) is 19.2. The first-order chi connectivity index (χ1) is 11.4. The third kappa shape index (κ3) is 2.71. The number of likely N-dealkylation sites (N-methyl/N-ethyl adjacent to an activating group) is 1. The minimum Gasteiger partial charge on any atom is -0.480 e. The average Bonchev–Trinajstić information content (AvgIpc) is 2.79. The minimum atomic E-state index is -4.12. The zero-order valence-electron chi connectivity index (χ0n) is 14.1. The number of hydroxylamine groups is 1. The molecule has 0 radical (unpaired) electrons. The van der Waals surface area contributed by atoms with Gasteiger partial charge in [-0.05, 0) is 32.9 Å². The normalized spacial score (nSPS) is 21.4. The number of carbonyl (C=O) groups excluding carboxylic acids is 1. The van der Waals surface area contributed by atoms with E-state index in [4.69, 9.17) is 5.11 Å². The molecule has 0 aliphatic carbocycles. The van der Waals surface area contributed by atoms with Crippen LogP contribution in [0.4, 0.5) is 0 Å². The fourth-order valence-corrected chi connectivity index (χ4v) is 3.68. The van der Waals surface area contributed by atoms with Gasteiger partial charge in [0.2, 0.25) is 0 Å². The van der Waals surface area contributed by atoms with Crippen LogP contribution in [0.5, 0.6) is 0 Å². The Kier molecular flexibility index (Phi) is 4.49. The van der Waals surface area contributed by atoms with Gasteiger partial charge in [-0.25, -0.2) is 13.4 Å². The molecule has 1 heterocycles. The summed E-state index contributed by atoms with van der Waals surface area (Å²) in [6.45, 7) is 3.66. The molecule has 1 aliphatic heterocycles. The van der Waals surface area contributed by atoms with E-state index in [-0.39, 0.29) is 10.6 Å². The Morgan fingerprint density at radius 3 is 2.24 bits per heavy atom. The number of aliphatic carboxylic acids is 1. The summed E-state index contributed by atoms with van der Waals surface area (Å²) in [5.41, 5.74) is 1.10. The number of sulfone groups is 1. The van der Waals surface area contributed by atoms with Gasteiger partial charge in [-0.3, -0.25) is 9.59 Å². The Bertz CT molecular complexity index is 860. The second kappa shape index (κ2) is 5.90. The lowest BCUT2D eigenvalue weighted by atomic mass is 9.91. The maximum Gasteiger partial charge on any atom is 0.324 e. The van der Waals surface area contributed by atoms with Gasteiger partial charge >= 0.3 is 5.97 Å². The highest BCUT2D eigenvalue weighted by Gasteiger charge is 2.47. The molecule has 2 rings (SSSR count). The molecule has 0 fully saturated rings. The number of benzene rings is 1. The topological polar surface area (TPSA) is 136 Å². The Balaban J connectivity index is 2.47. The fraction of sp³-hybridized carbons (Fsp3) is 0.400. The van der Waals surface area contributed by atoms with Crippen molar-refractivity contribution in [1.29, 1.82) is 0 Å². The molecule has 1 amide bonds. The first-order valence-electron chi connectivity index (χ1n) is 7.26. The molecule has 3 N–H and O–H groups in total. The molecule has 0 saturated carbocycles. The van der Waals surface area contributed by atoms with Crippen molar-refractivity contribution in [2.75, 3.05) is 7.05 Å². The quantitative estimate of drug-likeness (QED) is 0.632. The van der Waals surface area contributed by atoms with Crippen molar-refractivity contribution in [3.8, 4) is 0 Å². The van der Waals surface area contributed by atoms with E-state index in [1.165, 1.54) is 38.2 Å². The van der Waals surface area contributed by atoms with Crippen molar-refractivity contribution >= 4 is 27.4 Å². The number of nitrogens with zero attached hydrogens (tertiary/aromatic N) is 2. The average molecular weight is 369 g/mol. The Morgan fingerprint density at radius 2 is 1.80 bits per heavy atom. The molecule has 1 unspecified atom stereocenters. The van der Waals surface area contributed by atoms with Gasteiger partial charge in [0.15, 0.2) is 20.1 Å². The molecule has 1 aromatic rings. The third-order valence-corrected chi connectivity index (χ3v) is 6.70. The van der Waals surface area contributed by atoms with Crippen LogP contribution in [0, 0.1) is 0 Å². The maximum atomic E-state index is 12.5. The zero-order valence-corrected chi connectivity index (χ0v) is 15.0. The third-order valence-electron chi connectivity index (χ3n) is 4.29. The van der Waals surface area contributed by atoms with E-state index < -0.39 is 32.0 Å². The van der Waals surface area contributed by atoms with E-state index in [2.05, 4.69) is 5.10 Å². The van der Waals surface area contributed by atoms with Crippen molar-refractivity contribution in [1.82, 2.24) is 10.5 Å². The van der Waals surface area contributed by atoms with Gasteiger partial charge in [-0.2, -0.15) is 10.6 Å². The van der Waals surface area contributed by atoms with E-state index in [9.17, 15) is 23.2 Å². The molecular weight excluding hydrogens is 350 g/mol. The van der Waals surface area contributed by atoms with Gasteiger partial charge < -0.3 is 10.3 Å². The van der Waals surface area contributed by atoms with Crippen molar-refractivity contribution in [3.63, 3.8) is 0 Å². The van der Waals surface area contributed by atoms with E-state index >= 15 is 0 Å². The van der Waals surface area contributed by atoms with Gasteiger partial charge in [-0.15, -0.1) is 0 Å². The molecule has 1 aromatic carbocycles. The second-order valence-corrected chi connectivity index (χ2v) is 8.86. The molecule has 0 spiro atoms. The van der Waals surface area contributed by atoms with Gasteiger partial charge in [0.25, 0.3) is 5.91 Å². The molecule has 1 aliphatic rings. The van der Waals surface area contributed by atoms with E-state index in [1.54, 1.807) is 0 Å². The van der Waals surface area contributed by atoms with Crippen LogP contribution in [-0.2, 0) is 19.4 Å². The van der Waals surface area contributed by atoms with Crippen LogP contribution < -0.4 is 5.48 Å². The first-order valence-corrected chi connectivity index (χ1v) is 8.75. The molecular formula is C15H19N3O6S. The number of carbonyl (C=O) groups is 2. The predicted molar refractivity (Wildman–Crippen MR) is 88.0 cm³/mol.